The highest BCUT2D eigenvalue weighted by atomic mass is 35.5. The van der Waals surface area contributed by atoms with Crippen LogP contribution in [0.5, 0.6) is 0 Å². The summed E-state index contributed by atoms with van der Waals surface area (Å²) in [4.78, 5) is 10.9. The second-order valence-corrected chi connectivity index (χ2v) is 6.93. The fourth-order valence-electron chi connectivity index (χ4n) is 3.48. The highest BCUT2D eigenvalue weighted by Gasteiger charge is 2.46. The Labute approximate surface area is 168 Å². The predicted octanol–water partition coefficient (Wildman–Crippen LogP) is 2.50. The Morgan fingerprint density at radius 2 is 2.28 bits per heavy atom. The second kappa shape index (κ2) is 7.53. The number of nitrogens with one attached hydrogen (secondary N) is 2. The Balaban J connectivity index is 0.00000140. The molecule has 4 rings (SSSR count). The van der Waals surface area contributed by atoms with Crippen LogP contribution in [0.4, 0.5) is 17.5 Å². The van der Waals surface area contributed by atoms with Gasteiger partial charge in [-0.25, -0.2) is 4.98 Å². The fourth-order valence-corrected chi connectivity index (χ4v) is 3.69. The Hall–Kier alpha value is -1.28. The molecule has 138 valence electrons. The van der Waals surface area contributed by atoms with Crippen molar-refractivity contribution in [2.75, 3.05) is 36.4 Å². The van der Waals surface area contributed by atoms with Crippen LogP contribution >= 0.6 is 36.4 Å². The lowest BCUT2D eigenvalue weighted by Gasteiger charge is -2.23. The van der Waals surface area contributed by atoms with Crippen molar-refractivity contribution in [1.82, 2.24) is 25.1 Å². The summed E-state index contributed by atoms with van der Waals surface area (Å²) in [5.41, 5.74) is 0.728. The summed E-state index contributed by atoms with van der Waals surface area (Å²) in [6.07, 6.45) is 4.39. The second-order valence-electron chi connectivity index (χ2n) is 6.53. The summed E-state index contributed by atoms with van der Waals surface area (Å²) in [6, 6.07) is 0. The van der Waals surface area contributed by atoms with Crippen LogP contribution in [0.1, 0.15) is 11.0 Å². The van der Waals surface area contributed by atoms with Gasteiger partial charge in [-0.1, -0.05) is 18.5 Å². The molecule has 2 N–H and O–H groups in total. The molecule has 0 spiro atoms. The molecule has 4 heterocycles. The molecule has 2 aromatic rings. The van der Waals surface area contributed by atoms with E-state index >= 15 is 0 Å². The van der Waals surface area contributed by atoms with Crippen molar-refractivity contribution in [3.8, 4) is 0 Å². The van der Waals surface area contributed by atoms with Gasteiger partial charge in [-0.3, -0.25) is 4.68 Å². The predicted molar refractivity (Wildman–Crippen MR) is 105 cm³/mol. The largest absolute Gasteiger partial charge is 0.354 e. The minimum Gasteiger partial charge on any atom is -0.354 e. The summed E-state index contributed by atoms with van der Waals surface area (Å²) in [5, 5.41) is 10.8. The molecule has 2 aliphatic heterocycles. The summed E-state index contributed by atoms with van der Waals surface area (Å²) in [7, 11) is 0. The lowest BCUT2D eigenvalue weighted by atomic mass is 9.83. The summed E-state index contributed by atoms with van der Waals surface area (Å²) in [6.45, 7) is 3.76. The molecule has 0 aromatic carbocycles. The molecule has 2 aliphatic rings. The van der Waals surface area contributed by atoms with Crippen LogP contribution in [-0.2, 0) is 6.98 Å². The minimum atomic E-state index is -2.32. The molecule has 2 saturated heterocycles. The number of anilines is 3. The quantitative estimate of drug-likeness (QED) is 0.811. The molecule has 0 bridgehead atoms. The number of hydrogen-bond donors (Lipinski definition) is 2. The zero-order valence-corrected chi connectivity index (χ0v) is 16.0. The first-order valence-electron chi connectivity index (χ1n) is 9.05. The molecule has 0 radical (unpaired) electrons. The molecule has 0 saturated carbocycles. The van der Waals surface area contributed by atoms with Gasteiger partial charge in [0.15, 0.2) is 5.82 Å². The van der Waals surface area contributed by atoms with Crippen molar-refractivity contribution in [2.45, 2.75) is 6.92 Å². The molecule has 2 fully saturated rings. The van der Waals surface area contributed by atoms with E-state index in [1.54, 1.807) is 6.20 Å². The monoisotopic (exact) mass is 408 g/mol. The van der Waals surface area contributed by atoms with E-state index in [2.05, 4.69) is 37.5 Å². The van der Waals surface area contributed by atoms with Crippen molar-refractivity contribution >= 4 is 53.9 Å². The first-order valence-corrected chi connectivity index (χ1v) is 7.93. The number of aryl methyl sites for hydroxylation is 1. The third-order valence-electron chi connectivity index (χ3n) is 4.76. The molecule has 0 amide bonds. The van der Waals surface area contributed by atoms with Gasteiger partial charge in [0, 0.05) is 48.9 Å². The van der Waals surface area contributed by atoms with Gasteiger partial charge in [-0.15, -0.1) is 24.8 Å². The maximum atomic E-state index is 7.37. The Morgan fingerprint density at radius 3 is 3.00 bits per heavy atom. The van der Waals surface area contributed by atoms with Crippen molar-refractivity contribution < 1.29 is 4.11 Å². The summed E-state index contributed by atoms with van der Waals surface area (Å²) >= 11 is 6.34. The topological polar surface area (TPSA) is 70.9 Å². The van der Waals surface area contributed by atoms with Gasteiger partial charge in [0.05, 0.1) is 18.1 Å². The lowest BCUT2D eigenvalue weighted by Crippen LogP contribution is -2.30. The molecular formula is C15H22Cl3N7. The highest BCUT2D eigenvalue weighted by molar-refractivity contribution is 6.32. The van der Waals surface area contributed by atoms with E-state index in [1.165, 1.54) is 12.4 Å². The minimum absolute atomic E-state index is 0. The number of fused-ring (bicyclic) bond motifs is 1. The Kier molecular flexibility index (Phi) is 4.80. The first-order chi connectivity index (χ1) is 12.2. The van der Waals surface area contributed by atoms with Gasteiger partial charge in [0.2, 0.25) is 5.95 Å². The third kappa shape index (κ3) is 3.79. The molecule has 10 heteroatoms. The van der Waals surface area contributed by atoms with Crippen LogP contribution in [-0.4, -0.2) is 45.9 Å². The van der Waals surface area contributed by atoms with E-state index in [0.29, 0.717) is 28.4 Å². The van der Waals surface area contributed by atoms with Crippen LogP contribution in [0, 0.1) is 11.3 Å². The lowest BCUT2D eigenvalue weighted by molar-refractivity contribution is 0.338. The smallest absolute Gasteiger partial charge is 0.229 e. The van der Waals surface area contributed by atoms with Crippen LogP contribution in [0.15, 0.2) is 18.6 Å². The van der Waals surface area contributed by atoms with E-state index in [0.717, 1.165) is 30.9 Å². The summed E-state index contributed by atoms with van der Waals surface area (Å²) < 4.78 is 23.0. The van der Waals surface area contributed by atoms with Gasteiger partial charge in [0.1, 0.15) is 5.02 Å². The zero-order chi connectivity index (χ0) is 18.5. The van der Waals surface area contributed by atoms with Crippen molar-refractivity contribution in [3.05, 3.63) is 23.6 Å². The van der Waals surface area contributed by atoms with Crippen LogP contribution < -0.4 is 15.5 Å². The maximum Gasteiger partial charge on any atom is 0.229 e. The first kappa shape index (κ1) is 15.9. The molecule has 0 unspecified atom stereocenters. The zero-order valence-electron chi connectivity index (χ0n) is 16.6. The van der Waals surface area contributed by atoms with Gasteiger partial charge in [-0.2, -0.15) is 10.1 Å². The highest BCUT2D eigenvalue weighted by Crippen LogP contribution is 2.41. The average Bonchev–Trinajstić information content (AvgIpc) is 3.22. The van der Waals surface area contributed by atoms with E-state index in [1.807, 2.05) is 0 Å². The van der Waals surface area contributed by atoms with E-state index in [9.17, 15) is 0 Å². The Morgan fingerprint density at radius 1 is 1.44 bits per heavy atom. The van der Waals surface area contributed by atoms with Gasteiger partial charge in [-0.05, 0) is 5.92 Å². The van der Waals surface area contributed by atoms with Crippen molar-refractivity contribution in [2.24, 2.45) is 18.3 Å². The SMILES string of the molecule is Cl.Cl.[2H]C([2H])([2H])n1cc(Nc2ncc(Cl)c(N3C[C@@H]4CNC[C@]4(C)C3)n2)cn1. The average molecular weight is 410 g/mol. The maximum absolute atomic E-state index is 7.37. The molecule has 25 heavy (non-hydrogen) atoms. The number of aromatic nitrogens is 4. The van der Waals surface area contributed by atoms with Crippen LogP contribution in [0.3, 0.4) is 0 Å². The Bertz CT molecular complexity index is 831. The number of nitrogens with zero attached hydrogens (tertiary/aromatic N) is 5. The van der Waals surface area contributed by atoms with Gasteiger partial charge in [0.25, 0.3) is 0 Å². The summed E-state index contributed by atoms with van der Waals surface area (Å²) in [5.74, 6) is 1.63. The fraction of sp³-hybridized carbons (Fsp3) is 0.533. The number of halogens is 3. The van der Waals surface area contributed by atoms with Crippen LogP contribution in [0.25, 0.3) is 0 Å². The van der Waals surface area contributed by atoms with Gasteiger partial charge < -0.3 is 15.5 Å². The van der Waals surface area contributed by atoms with E-state index in [-0.39, 0.29) is 30.2 Å². The third-order valence-corrected chi connectivity index (χ3v) is 5.03. The van der Waals surface area contributed by atoms with E-state index < -0.39 is 6.98 Å². The number of rotatable bonds is 3. The standard InChI is InChI=1S/C15H20ClN7.2ClH/c1-15-8-17-3-10(15)6-23(9-15)13-12(16)5-18-14(21-13)20-11-4-19-22(2)7-11;;/h4-5,7,10,17H,3,6,8-9H2,1-2H3,(H,18,20,21);2*1H/t10-,15+;;/m0../s1/i2D3;;. The molecule has 2 aromatic heterocycles. The van der Waals surface area contributed by atoms with E-state index in [4.69, 9.17) is 15.7 Å². The number of hydrogen-bond acceptors (Lipinski definition) is 6. The van der Waals surface area contributed by atoms with Crippen molar-refractivity contribution in [1.29, 1.82) is 0 Å². The van der Waals surface area contributed by atoms with Crippen molar-refractivity contribution in [3.63, 3.8) is 0 Å². The molecule has 0 aliphatic carbocycles. The van der Waals surface area contributed by atoms with Gasteiger partial charge >= 0.3 is 0 Å². The van der Waals surface area contributed by atoms with Crippen LogP contribution in [0.2, 0.25) is 5.02 Å². The molecule has 2 atom stereocenters. The molecular weight excluding hydrogens is 385 g/mol. The molecule has 7 nitrogen and oxygen atoms in total. The normalized spacial score (nSPS) is 26.7.